The number of carbonyl (C=O) groups is 1. The standard InChI is InChI=1S/C13H20N2O/c1-4-11-8-12(15(5-2)14-11)9-13(6-7-13)10(3)16/h8H,4-7,9H2,1-3H3. The first kappa shape index (κ1) is 11.4. The zero-order valence-corrected chi connectivity index (χ0v) is 10.4. The molecular formula is C13H20N2O. The van der Waals surface area contributed by atoms with Crippen molar-refractivity contribution in [1.29, 1.82) is 0 Å². The van der Waals surface area contributed by atoms with Gasteiger partial charge < -0.3 is 0 Å². The number of ketones is 1. The van der Waals surface area contributed by atoms with Crippen molar-refractivity contribution >= 4 is 5.78 Å². The van der Waals surface area contributed by atoms with Gasteiger partial charge in [0.2, 0.25) is 0 Å². The predicted molar refractivity (Wildman–Crippen MR) is 63.3 cm³/mol. The topological polar surface area (TPSA) is 34.9 Å². The van der Waals surface area contributed by atoms with E-state index in [0.29, 0.717) is 5.78 Å². The van der Waals surface area contributed by atoms with Crippen LogP contribution in [0.4, 0.5) is 0 Å². The van der Waals surface area contributed by atoms with E-state index in [2.05, 4.69) is 25.0 Å². The van der Waals surface area contributed by atoms with Crippen molar-refractivity contribution < 1.29 is 4.79 Å². The lowest BCUT2D eigenvalue weighted by Crippen LogP contribution is -2.17. The molecule has 16 heavy (non-hydrogen) atoms. The number of aryl methyl sites for hydroxylation is 2. The Morgan fingerprint density at radius 3 is 2.62 bits per heavy atom. The van der Waals surface area contributed by atoms with Gasteiger partial charge in [-0.1, -0.05) is 6.92 Å². The van der Waals surface area contributed by atoms with E-state index < -0.39 is 0 Å². The highest BCUT2D eigenvalue weighted by Crippen LogP contribution is 2.49. The van der Waals surface area contributed by atoms with Crippen LogP contribution < -0.4 is 0 Å². The number of nitrogens with zero attached hydrogens (tertiary/aromatic N) is 2. The van der Waals surface area contributed by atoms with Crippen LogP contribution in [0.1, 0.15) is 45.0 Å². The van der Waals surface area contributed by atoms with E-state index in [0.717, 1.165) is 37.9 Å². The van der Waals surface area contributed by atoms with Gasteiger partial charge in [-0.2, -0.15) is 5.10 Å². The Morgan fingerprint density at radius 2 is 2.19 bits per heavy atom. The molecule has 1 saturated carbocycles. The molecule has 1 aromatic rings. The molecule has 0 aromatic carbocycles. The third-order valence-corrected chi connectivity index (χ3v) is 3.70. The lowest BCUT2D eigenvalue weighted by atomic mass is 9.95. The van der Waals surface area contributed by atoms with E-state index in [9.17, 15) is 4.79 Å². The average Bonchev–Trinajstić information content (AvgIpc) is 2.93. The van der Waals surface area contributed by atoms with Gasteiger partial charge in [0.1, 0.15) is 5.78 Å². The van der Waals surface area contributed by atoms with E-state index in [1.54, 1.807) is 6.92 Å². The molecule has 0 atom stereocenters. The molecule has 1 aliphatic rings. The first-order valence-electron chi connectivity index (χ1n) is 6.18. The van der Waals surface area contributed by atoms with Crippen LogP contribution >= 0.6 is 0 Å². The SMILES string of the molecule is CCc1cc(CC2(C(C)=O)CC2)n(CC)n1. The summed E-state index contributed by atoms with van der Waals surface area (Å²) in [6.45, 7) is 6.83. The Bertz CT molecular complexity index is 402. The molecular weight excluding hydrogens is 200 g/mol. The second-order valence-electron chi connectivity index (χ2n) is 4.81. The molecule has 0 aliphatic heterocycles. The molecule has 3 heteroatoms. The molecule has 0 bridgehead atoms. The average molecular weight is 220 g/mol. The summed E-state index contributed by atoms with van der Waals surface area (Å²) in [6, 6.07) is 2.16. The van der Waals surface area contributed by atoms with Crippen LogP contribution in [-0.4, -0.2) is 15.6 Å². The van der Waals surface area contributed by atoms with E-state index in [-0.39, 0.29) is 5.41 Å². The minimum Gasteiger partial charge on any atom is -0.299 e. The number of carbonyl (C=O) groups excluding carboxylic acids is 1. The molecule has 1 fully saturated rings. The Kier molecular flexibility index (Phi) is 2.87. The molecule has 88 valence electrons. The number of hydrogen-bond acceptors (Lipinski definition) is 2. The van der Waals surface area contributed by atoms with Gasteiger partial charge in [-0.05, 0) is 39.2 Å². The number of hydrogen-bond donors (Lipinski definition) is 0. The van der Waals surface area contributed by atoms with Crippen LogP contribution in [0.5, 0.6) is 0 Å². The number of aromatic nitrogens is 2. The first-order chi connectivity index (χ1) is 7.61. The van der Waals surface area contributed by atoms with Crippen LogP contribution in [0, 0.1) is 5.41 Å². The molecule has 0 radical (unpaired) electrons. The largest absolute Gasteiger partial charge is 0.299 e. The lowest BCUT2D eigenvalue weighted by molar-refractivity contribution is -0.122. The summed E-state index contributed by atoms with van der Waals surface area (Å²) in [4.78, 5) is 11.6. The zero-order chi connectivity index (χ0) is 11.8. The minimum atomic E-state index is -0.0437. The highest BCUT2D eigenvalue weighted by Gasteiger charge is 2.47. The first-order valence-corrected chi connectivity index (χ1v) is 6.18. The van der Waals surface area contributed by atoms with E-state index in [4.69, 9.17) is 0 Å². The summed E-state index contributed by atoms with van der Waals surface area (Å²) in [5.41, 5.74) is 2.32. The molecule has 0 unspecified atom stereocenters. The van der Waals surface area contributed by atoms with Crippen molar-refractivity contribution in [3.05, 3.63) is 17.5 Å². The highest BCUT2D eigenvalue weighted by atomic mass is 16.1. The normalized spacial score (nSPS) is 17.4. The lowest BCUT2D eigenvalue weighted by Gasteiger charge is -2.11. The second kappa shape index (κ2) is 4.04. The van der Waals surface area contributed by atoms with E-state index in [1.165, 1.54) is 5.69 Å². The molecule has 0 N–H and O–H groups in total. The summed E-state index contributed by atoms with van der Waals surface area (Å²) >= 11 is 0. The quantitative estimate of drug-likeness (QED) is 0.763. The highest BCUT2D eigenvalue weighted by molar-refractivity contribution is 5.85. The van der Waals surface area contributed by atoms with Gasteiger partial charge in [0.25, 0.3) is 0 Å². The van der Waals surface area contributed by atoms with Gasteiger partial charge in [-0.3, -0.25) is 9.48 Å². The van der Waals surface area contributed by atoms with E-state index in [1.807, 2.05) is 4.68 Å². The van der Waals surface area contributed by atoms with Crippen LogP contribution in [0.3, 0.4) is 0 Å². The van der Waals surface area contributed by atoms with Crippen LogP contribution in [-0.2, 0) is 24.2 Å². The van der Waals surface area contributed by atoms with Crippen LogP contribution in [0.15, 0.2) is 6.07 Å². The van der Waals surface area contributed by atoms with Gasteiger partial charge in [0, 0.05) is 24.1 Å². The summed E-state index contributed by atoms with van der Waals surface area (Å²) in [5, 5.41) is 4.52. The van der Waals surface area contributed by atoms with Gasteiger partial charge >= 0.3 is 0 Å². The molecule has 0 spiro atoms. The van der Waals surface area contributed by atoms with Crippen LogP contribution in [0.25, 0.3) is 0 Å². The Balaban J connectivity index is 2.20. The third-order valence-electron chi connectivity index (χ3n) is 3.70. The van der Waals surface area contributed by atoms with Crippen molar-refractivity contribution in [3.8, 4) is 0 Å². The van der Waals surface area contributed by atoms with Crippen LogP contribution in [0.2, 0.25) is 0 Å². The maximum absolute atomic E-state index is 11.6. The molecule has 2 rings (SSSR count). The Morgan fingerprint density at radius 1 is 1.50 bits per heavy atom. The van der Waals surface area contributed by atoms with Crippen molar-refractivity contribution in [3.63, 3.8) is 0 Å². The summed E-state index contributed by atoms with van der Waals surface area (Å²) < 4.78 is 2.04. The molecule has 1 heterocycles. The maximum Gasteiger partial charge on any atom is 0.136 e. The monoisotopic (exact) mass is 220 g/mol. The minimum absolute atomic E-state index is 0.0437. The number of rotatable bonds is 5. The zero-order valence-electron chi connectivity index (χ0n) is 10.4. The third kappa shape index (κ3) is 1.91. The summed E-state index contributed by atoms with van der Waals surface area (Å²) in [6.07, 6.45) is 3.95. The second-order valence-corrected chi connectivity index (χ2v) is 4.81. The predicted octanol–water partition coefficient (Wildman–Crippen LogP) is 2.38. The summed E-state index contributed by atoms with van der Waals surface area (Å²) in [5.74, 6) is 0.342. The van der Waals surface area contributed by atoms with Crippen molar-refractivity contribution in [2.45, 2.75) is 53.0 Å². The maximum atomic E-state index is 11.6. The molecule has 0 amide bonds. The fourth-order valence-corrected chi connectivity index (χ4v) is 2.25. The van der Waals surface area contributed by atoms with Crippen molar-refractivity contribution in [2.24, 2.45) is 5.41 Å². The fraction of sp³-hybridized carbons (Fsp3) is 0.692. The van der Waals surface area contributed by atoms with Gasteiger partial charge in [0.15, 0.2) is 0 Å². The fourth-order valence-electron chi connectivity index (χ4n) is 2.25. The molecule has 0 saturated heterocycles. The Hall–Kier alpha value is -1.12. The van der Waals surface area contributed by atoms with E-state index >= 15 is 0 Å². The molecule has 1 aliphatic carbocycles. The number of Topliss-reactive ketones (excluding diaryl/α,β-unsaturated/α-hetero) is 1. The van der Waals surface area contributed by atoms with Crippen molar-refractivity contribution in [2.75, 3.05) is 0 Å². The molecule has 3 nitrogen and oxygen atoms in total. The van der Waals surface area contributed by atoms with Gasteiger partial charge in [0.05, 0.1) is 5.69 Å². The van der Waals surface area contributed by atoms with Gasteiger partial charge in [-0.15, -0.1) is 0 Å². The Labute approximate surface area is 96.8 Å². The smallest absolute Gasteiger partial charge is 0.136 e. The summed E-state index contributed by atoms with van der Waals surface area (Å²) in [7, 11) is 0. The van der Waals surface area contributed by atoms with Gasteiger partial charge in [-0.25, -0.2) is 0 Å². The van der Waals surface area contributed by atoms with Crippen molar-refractivity contribution in [1.82, 2.24) is 9.78 Å². The molecule has 1 aromatic heterocycles.